The first kappa shape index (κ1) is 24.1. The van der Waals surface area contributed by atoms with E-state index in [9.17, 15) is 14.4 Å². The number of benzene rings is 1. The first-order valence-electron chi connectivity index (χ1n) is 9.50. The molecule has 0 aromatic heterocycles. The van der Waals surface area contributed by atoms with Gasteiger partial charge in [-0.2, -0.15) is 0 Å². The Bertz CT molecular complexity index is 693. The minimum absolute atomic E-state index is 0.193. The van der Waals surface area contributed by atoms with Crippen LogP contribution in [-0.2, 0) is 9.53 Å². The summed E-state index contributed by atoms with van der Waals surface area (Å²) in [5.41, 5.74) is 0.345. The van der Waals surface area contributed by atoms with E-state index in [2.05, 4.69) is 16.0 Å². The van der Waals surface area contributed by atoms with Crippen LogP contribution in [0.15, 0.2) is 18.2 Å². The fraction of sp³-hybridized carbons (Fsp3) is 0.550. The molecular formula is C20H31N3O6. The van der Waals surface area contributed by atoms with E-state index in [4.69, 9.17) is 14.2 Å². The van der Waals surface area contributed by atoms with Crippen LogP contribution < -0.4 is 25.4 Å². The highest BCUT2D eigenvalue weighted by atomic mass is 16.5. The number of nitrogens with one attached hydrogen (secondary N) is 3. The molecule has 9 heteroatoms. The van der Waals surface area contributed by atoms with Crippen molar-refractivity contribution in [2.24, 2.45) is 5.92 Å². The van der Waals surface area contributed by atoms with Gasteiger partial charge in [-0.15, -0.1) is 0 Å². The molecule has 3 amide bonds. The third-order valence-electron chi connectivity index (χ3n) is 3.95. The summed E-state index contributed by atoms with van der Waals surface area (Å²) in [7, 11) is 2.98. The van der Waals surface area contributed by atoms with Gasteiger partial charge in [0.2, 0.25) is 5.91 Å². The number of alkyl carbamates (subject to hydrolysis) is 1. The molecule has 29 heavy (non-hydrogen) atoms. The van der Waals surface area contributed by atoms with Gasteiger partial charge in [0, 0.05) is 18.2 Å². The Morgan fingerprint density at radius 1 is 1.03 bits per heavy atom. The molecule has 0 radical (unpaired) electrons. The van der Waals surface area contributed by atoms with E-state index in [1.54, 1.807) is 19.1 Å². The molecule has 1 rings (SSSR count). The van der Waals surface area contributed by atoms with Crippen LogP contribution >= 0.6 is 0 Å². The maximum atomic E-state index is 12.3. The van der Waals surface area contributed by atoms with E-state index < -0.39 is 12.0 Å². The number of hydrogen-bond donors (Lipinski definition) is 3. The quantitative estimate of drug-likeness (QED) is 0.513. The molecule has 0 bridgehead atoms. The predicted molar refractivity (Wildman–Crippen MR) is 108 cm³/mol. The summed E-state index contributed by atoms with van der Waals surface area (Å²) in [6.07, 6.45) is 0.158. The highest BCUT2D eigenvalue weighted by molar-refractivity contribution is 5.97. The third kappa shape index (κ3) is 8.71. The Labute approximate surface area is 171 Å². The van der Waals surface area contributed by atoms with Gasteiger partial charge in [0.1, 0.15) is 0 Å². The van der Waals surface area contributed by atoms with E-state index in [1.165, 1.54) is 20.3 Å². The van der Waals surface area contributed by atoms with Gasteiger partial charge in [-0.3, -0.25) is 9.59 Å². The lowest BCUT2D eigenvalue weighted by Crippen LogP contribution is -2.46. The van der Waals surface area contributed by atoms with Crippen molar-refractivity contribution in [1.82, 2.24) is 16.0 Å². The lowest BCUT2D eigenvalue weighted by atomic mass is 10.0. The van der Waals surface area contributed by atoms with Crippen molar-refractivity contribution in [3.63, 3.8) is 0 Å². The second kappa shape index (κ2) is 12.5. The molecule has 0 aliphatic heterocycles. The van der Waals surface area contributed by atoms with E-state index in [1.807, 2.05) is 13.8 Å². The summed E-state index contributed by atoms with van der Waals surface area (Å²) in [6, 6.07) is 4.47. The number of methoxy groups -OCH3 is 2. The SMILES string of the molecule is CCOC(=O)NC(CNC(=O)CNC(=O)c1ccc(OC)c(OC)c1)CC(C)C. The van der Waals surface area contributed by atoms with Crippen molar-refractivity contribution in [1.29, 1.82) is 0 Å². The highest BCUT2D eigenvalue weighted by Crippen LogP contribution is 2.27. The van der Waals surface area contributed by atoms with Crippen molar-refractivity contribution in [2.45, 2.75) is 33.2 Å². The molecule has 0 heterocycles. The average Bonchev–Trinajstić information content (AvgIpc) is 2.69. The predicted octanol–water partition coefficient (Wildman–Crippen LogP) is 1.71. The number of rotatable bonds is 11. The zero-order valence-electron chi connectivity index (χ0n) is 17.7. The first-order valence-corrected chi connectivity index (χ1v) is 9.50. The van der Waals surface area contributed by atoms with E-state index in [-0.39, 0.29) is 31.6 Å². The van der Waals surface area contributed by atoms with Crippen LogP contribution in [0, 0.1) is 5.92 Å². The molecule has 1 aromatic carbocycles. The number of carbonyl (C=O) groups excluding carboxylic acids is 3. The highest BCUT2D eigenvalue weighted by Gasteiger charge is 2.16. The standard InChI is InChI=1S/C20H31N3O6/c1-6-29-20(26)23-15(9-13(2)3)11-21-18(24)12-22-19(25)14-7-8-16(27-4)17(10-14)28-5/h7-8,10,13,15H,6,9,11-12H2,1-5H3,(H,21,24)(H,22,25)(H,23,26). The molecule has 1 aromatic rings. The monoisotopic (exact) mass is 409 g/mol. The Morgan fingerprint density at radius 2 is 1.72 bits per heavy atom. The van der Waals surface area contributed by atoms with Crippen LogP contribution in [0.4, 0.5) is 4.79 Å². The molecule has 0 spiro atoms. The van der Waals surface area contributed by atoms with Gasteiger partial charge in [0.05, 0.1) is 27.4 Å². The Morgan fingerprint density at radius 3 is 2.31 bits per heavy atom. The number of ether oxygens (including phenoxy) is 3. The maximum absolute atomic E-state index is 12.3. The molecular weight excluding hydrogens is 378 g/mol. The Hall–Kier alpha value is -2.97. The van der Waals surface area contributed by atoms with Crippen LogP contribution in [-0.4, -0.2) is 57.9 Å². The minimum Gasteiger partial charge on any atom is -0.493 e. The number of carbonyl (C=O) groups is 3. The van der Waals surface area contributed by atoms with Gasteiger partial charge in [-0.05, 0) is 37.5 Å². The van der Waals surface area contributed by atoms with Gasteiger partial charge in [0.25, 0.3) is 5.91 Å². The average molecular weight is 409 g/mol. The second-order valence-corrected chi connectivity index (χ2v) is 6.75. The van der Waals surface area contributed by atoms with Gasteiger partial charge in [-0.25, -0.2) is 4.79 Å². The minimum atomic E-state index is -0.519. The zero-order valence-corrected chi connectivity index (χ0v) is 17.7. The van der Waals surface area contributed by atoms with Crippen LogP contribution in [0.1, 0.15) is 37.6 Å². The molecule has 1 atom stereocenters. The van der Waals surface area contributed by atoms with E-state index >= 15 is 0 Å². The maximum Gasteiger partial charge on any atom is 0.407 e. The Balaban J connectivity index is 2.54. The Kier molecular flexibility index (Phi) is 10.4. The zero-order chi connectivity index (χ0) is 21.8. The molecule has 0 aliphatic carbocycles. The van der Waals surface area contributed by atoms with Crippen molar-refractivity contribution in [3.05, 3.63) is 23.8 Å². The molecule has 9 nitrogen and oxygen atoms in total. The normalized spacial score (nSPS) is 11.4. The summed E-state index contributed by atoms with van der Waals surface area (Å²) in [4.78, 5) is 36.0. The van der Waals surface area contributed by atoms with E-state index in [0.717, 1.165) is 0 Å². The molecule has 1 unspecified atom stereocenters. The third-order valence-corrected chi connectivity index (χ3v) is 3.95. The summed E-state index contributed by atoms with van der Waals surface area (Å²) in [5, 5.41) is 8.00. The van der Waals surface area contributed by atoms with E-state index in [0.29, 0.717) is 29.4 Å². The van der Waals surface area contributed by atoms with Gasteiger partial charge < -0.3 is 30.2 Å². The summed E-state index contributed by atoms with van der Waals surface area (Å²) < 4.78 is 15.2. The van der Waals surface area contributed by atoms with Crippen LogP contribution in [0.5, 0.6) is 11.5 Å². The van der Waals surface area contributed by atoms with Crippen LogP contribution in [0.3, 0.4) is 0 Å². The van der Waals surface area contributed by atoms with Crippen molar-refractivity contribution >= 4 is 17.9 Å². The summed E-state index contributed by atoms with van der Waals surface area (Å²) in [6.45, 7) is 6.08. The lowest BCUT2D eigenvalue weighted by molar-refractivity contribution is -0.120. The smallest absolute Gasteiger partial charge is 0.407 e. The summed E-state index contributed by atoms with van der Waals surface area (Å²) >= 11 is 0. The van der Waals surface area contributed by atoms with Crippen molar-refractivity contribution in [3.8, 4) is 11.5 Å². The molecule has 0 aliphatic rings. The molecule has 0 saturated carbocycles. The molecule has 3 N–H and O–H groups in total. The van der Waals surface area contributed by atoms with Crippen LogP contribution in [0.25, 0.3) is 0 Å². The summed E-state index contributed by atoms with van der Waals surface area (Å²) in [5.74, 6) is 0.476. The van der Waals surface area contributed by atoms with Crippen molar-refractivity contribution in [2.75, 3.05) is 33.9 Å². The van der Waals surface area contributed by atoms with Gasteiger partial charge in [-0.1, -0.05) is 13.8 Å². The van der Waals surface area contributed by atoms with Crippen LogP contribution in [0.2, 0.25) is 0 Å². The van der Waals surface area contributed by atoms with Crippen molar-refractivity contribution < 1.29 is 28.6 Å². The van der Waals surface area contributed by atoms with Gasteiger partial charge in [0.15, 0.2) is 11.5 Å². The second-order valence-electron chi connectivity index (χ2n) is 6.75. The largest absolute Gasteiger partial charge is 0.493 e. The molecule has 162 valence electrons. The lowest BCUT2D eigenvalue weighted by Gasteiger charge is -2.20. The topological polar surface area (TPSA) is 115 Å². The fourth-order valence-electron chi connectivity index (χ4n) is 2.64. The molecule has 0 saturated heterocycles. The van der Waals surface area contributed by atoms with Gasteiger partial charge >= 0.3 is 6.09 Å². The number of amides is 3. The molecule has 0 fully saturated rings. The first-order chi connectivity index (χ1) is 13.8. The number of hydrogen-bond acceptors (Lipinski definition) is 6. The fourth-order valence-corrected chi connectivity index (χ4v) is 2.64.